The van der Waals surface area contributed by atoms with E-state index < -0.39 is 0 Å². The van der Waals surface area contributed by atoms with Crippen LogP contribution in [0, 0.1) is 0 Å². The Balaban J connectivity index is 1.63. The second-order valence-electron chi connectivity index (χ2n) is 5.54. The zero-order valence-corrected chi connectivity index (χ0v) is 14.8. The van der Waals surface area contributed by atoms with Gasteiger partial charge < -0.3 is 10.6 Å². The molecule has 0 saturated heterocycles. The average molecular weight is 348 g/mol. The molecule has 0 unspecified atom stereocenters. The minimum absolute atomic E-state index is 0.0536. The van der Waals surface area contributed by atoms with Gasteiger partial charge in [0, 0.05) is 7.05 Å². The van der Waals surface area contributed by atoms with Gasteiger partial charge in [-0.05, 0) is 37.3 Å². The molecular formula is C16H20N4OS2. The zero-order chi connectivity index (χ0) is 16.2. The lowest BCUT2D eigenvalue weighted by atomic mass is 9.88. The standard InChI is InChI=1S/C16H20N4OS2/c1-10(22-16-20-19-15(17-2)23-16)14(21)18-13-9-5-7-11-6-3-4-8-12(11)13/h3-4,6,8,10,13H,5,7,9H2,1-2H3,(H,17,19)(H,18,21)/t10-,13+/m1/s1. The van der Waals surface area contributed by atoms with Crippen LogP contribution in [0.4, 0.5) is 5.13 Å². The topological polar surface area (TPSA) is 66.9 Å². The van der Waals surface area contributed by atoms with Crippen LogP contribution < -0.4 is 10.6 Å². The van der Waals surface area contributed by atoms with E-state index in [0.29, 0.717) is 0 Å². The molecule has 1 aliphatic rings. The highest BCUT2D eigenvalue weighted by Gasteiger charge is 2.24. The van der Waals surface area contributed by atoms with Gasteiger partial charge in [-0.25, -0.2) is 0 Å². The molecule has 1 amide bonds. The Hall–Kier alpha value is -1.60. The van der Waals surface area contributed by atoms with Crippen molar-refractivity contribution in [1.82, 2.24) is 15.5 Å². The summed E-state index contributed by atoms with van der Waals surface area (Å²) in [7, 11) is 1.81. The maximum Gasteiger partial charge on any atom is 0.233 e. The number of anilines is 1. The van der Waals surface area contributed by atoms with Gasteiger partial charge in [0.25, 0.3) is 0 Å². The van der Waals surface area contributed by atoms with Crippen molar-refractivity contribution in [3.8, 4) is 0 Å². The van der Waals surface area contributed by atoms with Crippen LogP contribution in [0.15, 0.2) is 28.6 Å². The Morgan fingerprint density at radius 3 is 3.00 bits per heavy atom. The highest BCUT2D eigenvalue weighted by atomic mass is 32.2. The van der Waals surface area contributed by atoms with Gasteiger partial charge in [0.2, 0.25) is 11.0 Å². The van der Waals surface area contributed by atoms with Crippen LogP contribution in [0.5, 0.6) is 0 Å². The second kappa shape index (κ2) is 7.31. The number of rotatable bonds is 5. The van der Waals surface area contributed by atoms with Crippen LogP contribution >= 0.6 is 23.1 Å². The number of nitrogens with zero attached hydrogens (tertiary/aromatic N) is 2. The van der Waals surface area contributed by atoms with Gasteiger partial charge in [-0.2, -0.15) is 0 Å². The molecule has 2 aromatic rings. The summed E-state index contributed by atoms with van der Waals surface area (Å²) >= 11 is 2.91. The van der Waals surface area contributed by atoms with Crippen LogP contribution in [-0.2, 0) is 11.2 Å². The SMILES string of the molecule is CNc1nnc(S[C@H](C)C(=O)N[C@H]2CCCc3ccccc32)s1. The summed E-state index contributed by atoms with van der Waals surface area (Å²) in [5.41, 5.74) is 2.62. The summed E-state index contributed by atoms with van der Waals surface area (Å²) in [5, 5.41) is 14.8. The van der Waals surface area contributed by atoms with Gasteiger partial charge in [0.1, 0.15) is 0 Å². The molecule has 0 spiro atoms. The van der Waals surface area contributed by atoms with E-state index in [1.54, 1.807) is 0 Å². The van der Waals surface area contributed by atoms with Gasteiger partial charge in [-0.3, -0.25) is 4.79 Å². The largest absolute Gasteiger partial charge is 0.363 e. The maximum atomic E-state index is 12.5. The van der Waals surface area contributed by atoms with E-state index >= 15 is 0 Å². The average Bonchev–Trinajstić information content (AvgIpc) is 3.02. The van der Waals surface area contributed by atoms with E-state index in [1.165, 1.54) is 34.2 Å². The van der Waals surface area contributed by atoms with Crippen molar-refractivity contribution in [3.05, 3.63) is 35.4 Å². The molecule has 1 aromatic carbocycles. The first-order valence-corrected chi connectivity index (χ1v) is 9.43. The van der Waals surface area contributed by atoms with E-state index in [4.69, 9.17) is 0 Å². The van der Waals surface area contributed by atoms with Crippen LogP contribution in [0.3, 0.4) is 0 Å². The number of carbonyl (C=O) groups is 1. The number of amides is 1. The Morgan fingerprint density at radius 1 is 1.39 bits per heavy atom. The minimum Gasteiger partial charge on any atom is -0.363 e. The Bertz CT molecular complexity index is 688. The molecule has 1 aliphatic carbocycles. The molecule has 0 bridgehead atoms. The van der Waals surface area contributed by atoms with Crippen molar-refractivity contribution >= 4 is 34.1 Å². The van der Waals surface area contributed by atoms with Crippen LogP contribution in [-0.4, -0.2) is 28.4 Å². The first-order valence-electron chi connectivity index (χ1n) is 7.73. The lowest BCUT2D eigenvalue weighted by Gasteiger charge is -2.27. The van der Waals surface area contributed by atoms with Crippen molar-refractivity contribution < 1.29 is 4.79 Å². The number of carbonyl (C=O) groups excluding carboxylic acids is 1. The Labute approximate surface area is 144 Å². The third kappa shape index (κ3) is 3.84. The van der Waals surface area contributed by atoms with Crippen LogP contribution in [0.2, 0.25) is 0 Å². The molecule has 1 heterocycles. The molecule has 3 rings (SSSR count). The molecule has 0 aliphatic heterocycles. The van der Waals surface area contributed by atoms with E-state index in [0.717, 1.165) is 28.7 Å². The summed E-state index contributed by atoms with van der Waals surface area (Å²) in [6.45, 7) is 1.91. The summed E-state index contributed by atoms with van der Waals surface area (Å²) in [5.74, 6) is 0.0536. The van der Waals surface area contributed by atoms with E-state index in [9.17, 15) is 4.79 Å². The van der Waals surface area contributed by atoms with E-state index in [-0.39, 0.29) is 17.2 Å². The molecule has 2 N–H and O–H groups in total. The molecule has 122 valence electrons. The fraction of sp³-hybridized carbons (Fsp3) is 0.438. The highest BCUT2D eigenvalue weighted by Crippen LogP contribution is 2.32. The number of nitrogens with one attached hydrogen (secondary N) is 2. The van der Waals surface area contributed by atoms with Crippen LogP contribution in [0.1, 0.15) is 36.9 Å². The van der Waals surface area contributed by atoms with Crippen LogP contribution in [0.25, 0.3) is 0 Å². The molecule has 7 heteroatoms. The number of hydrogen-bond acceptors (Lipinski definition) is 6. The Morgan fingerprint density at radius 2 is 2.22 bits per heavy atom. The fourth-order valence-corrected chi connectivity index (χ4v) is 4.61. The van der Waals surface area contributed by atoms with Crippen molar-refractivity contribution in [3.63, 3.8) is 0 Å². The molecule has 1 aromatic heterocycles. The highest BCUT2D eigenvalue weighted by molar-refractivity contribution is 8.02. The van der Waals surface area contributed by atoms with Crippen molar-refractivity contribution in [1.29, 1.82) is 0 Å². The monoisotopic (exact) mass is 348 g/mol. The van der Waals surface area contributed by atoms with Crippen molar-refractivity contribution in [2.75, 3.05) is 12.4 Å². The smallest absolute Gasteiger partial charge is 0.233 e. The molecule has 0 radical (unpaired) electrons. The maximum absolute atomic E-state index is 12.5. The molecular weight excluding hydrogens is 328 g/mol. The first kappa shape index (κ1) is 16.3. The normalized spacial score (nSPS) is 18.1. The van der Waals surface area contributed by atoms with Crippen molar-refractivity contribution in [2.24, 2.45) is 0 Å². The molecule has 23 heavy (non-hydrogen) atoms. The molecule has 0 saturated carbocycles. The number of hydrogen-bond donors (Lipinski definition) is 2. The van der Waals surface area contributed by atoms with Gasteiger partial charge in [0.15, 0.2) is 4.34 Å². The third-order valence-electron chi connectivity index (χ3n) is 3.95. The van der Waals surface area contributed by atoms with E-state index in [1.807, 2.05) is 20.0 Å². The quantitative estimate of drug-likeness (QED) is 0.812. The number of aromatic nitrogens is 2. The summed E-state index contributed by atoms with van der Waals surface area (Å²) < 4.78 is 0.807. The van der Waals surface area contributed by atoms with Crippen molar-refractivity contribution in [2.45, 2.75) is 41.8 Å². The number of benzene rings is 1. The zero-order valence-electron chi connectivity index (χ0n) is 13.2. The van der Waals surface area contributed by atoms with E-state index in [2.05, 4.69) is 39.0 Å². The Kier molecular flexibility index (Phi) is 5.17. The van der Waals surface area contributed by atoms with Gasteiger partial charge in [-0.15, -0.1) is 10.2 Å². The summed E-state index contributed by atoms with van der Waals surface area (Å²) in [6.07, 6.45) is 3.22. The van der Waals surface area contributed by atoms with Gasteiger partial charge >= 0.3 is 0 Å². The number of fused-ring (bicyclic) bond motifs is 1. The predicted molar refractivity (Wildman–Crippen MR) is 95.0 cm³/mol. The summed E-state index contributed by atoms with van der Waals surface area (Å²) in [6, 6.07) is 8.52. The minimum atomic E-state index is -0.193. The lowest BCUT2D eigenvalue weighted by molar-refractivity contribution is -0.121. The number of aryl methyl sites for hydroxylation is 1. The van der Waals surface area contributed by atoms with Gasteiger partial charge in [-0.1, -0.05) is 47.4 Å². The fourth-order valence-electron chi connectivity index (χ4n) is 2.76. The second-order valence-corrected chi connectivity index (χ2v) is 8.10. The molecule has 2 atom stereocenters. The molecule has 0 fully saturated rings. The summed E-state index contributed by atoms with van der Waals surface area (Å²) in [4.78, 5) is 12.5. The predicted octanol–water partition coefficient (Wildman–Crippen LogP) is 3.25. The first-order chi connectivity index (χ1) is 11.2. The van der Waals surface area contributed by atoms with Gasteiger partial charge in [0.05, 0.1) is 11.3 Å². The number of thioether (sulfide) groups is 1. The third-order valence-corrected chi connectivity index (χ3v) is 6.08. The molecule has 5 nitrogen and oxygen atoms in total. The lowest BCUT2D eigenvalue weighted by Crippen LogP contribution is -2.35.